The highest BCUT2D eigenvalue weighted by molar-refractivity contribution is 6.03. The molecule has 0 aliphatic carbocycles. The number of ketones is 1. The molecule has 20 heavy (non-hydrogen) atoms. The van der Waals surface area contributed by atoms with Gasteiger partial charge in [-0.05, 0) is 24.6 Å². The second-order valence-electron chi connectivity index (χ2n) is 4.28. The van der Waals surface area contributed by atoms with Crippen LogP contribution in [0, 0.1) is 0 Å². The van der Waals surface area contributed by atoms with Crippen molar-refractivity contribution in [2.45, 2.75) is 25.6 Å². The first-order valence-electron chi connectivity index (χ1n) is 5.79. The average Bonchev–Trinajstić information content (AvgIpc) is 2.36. The number of anilines is 1. The van der Waals surface area contributed by atoms with Gasteiger partial charge in [-0.15, -0.1) is 0 Å². The fraction of sp³-hybridized carbons (Fsp3) is 0.308. The van der Waals surface area contributed by atoms with Crippen molar-refractivity contribution in [3.63, 3.8) is 0 Å². The summed E-state index contributed by atoms with van der Waals surface area (Å²) in [7, 11) is 0. The SMILES string of the molecule is CC(=O)CC(=O)Nc1ccc(C(O)C(O)C(=O)O)cc1. The van der Waals surface area contributed by atoms with E-state index in [9.17, 15) is 24.6 Å². The molecule has 0 radical (unpaired) electrons. The summed E-state index contributed by atoms with van der Waals surface area (Å²) in [6.45, 7) is 1.30. The first kappa shape index (κ1) is 15.8. The Kier molecular flexibility index (Phi) is 5.36. The van der Waals surface area contributed by atoms with Crippen LogP contribution in [0.3, 0.4) is 0 Å². The van der Waals surface area contributed by atoms with E-state index in [4.69, 9.17) is 5.11 Å². The van der Waals surface area contributed by atoms with E-state index in [-0.39, 0.29) is 17.8 Å². The standard InChI is InChI=1S/C13H15NO6/c1-7(15)6-10(16)14-9-4-2-8(3-5-9)11(17)12(18)13(19)20/h2-5,11-12,17-18H,6H2,1H3,(H,14,16)(H,19,20). The predicted molar refractivity (Wildman–Crippen MR) is 69.0 cm³/mol. The third-order valence-electron chi connectivity index (χ3n) is 2.50. The maximum Gasteiger partial charge on any atom is 0.335 e. The highest BCUT2D eigenvalue weighted by atomic mass is 16.4. The van der Waals surface area contributed by atoms with Crippen LogP contribution in [0.15, 0.2) is 24.3 Å². The molecule has 4 N–H and O–H groups in total. The first-order valence-corrected chi connectivity index (χ1v) is 5.79. The summed E-state index contributed by atoms with van der Waals surface area (Å²) in [5.74, 6) is -2.26. The molecule has 1 aromatic carbocycles. The van der Waals surface area contributed by atoms with Crippen molar-refractivity contribution in [1.29, 1.82) is 0 Å². The van der Waals surface area contributed by atoms with Gasteiger partial charge >= 0.3 is 5.97 Å². The molecule has 0 aliphatic heterocycles. The van der Waals surface area contributed by atoms with Crippen molar-refractivity contribution >= 4 is 23.3 Å². The Hall–Kier alpha value is -2.25. The lowest BCUT2D eigenvalue weighted by Crippen LogP contribution is -2.27. The predicted octanol–water partition coefficient (Wildman–Crippen LogP) is 0.0831. The summed E-state index contributed by atoms with van der Waals surface area (Å²) in [6.07, 6.45) is -3.72. The quantitative estimate of drug-likeness (QED) is 0.547. The number of aliphatic hydroxyl groups is 2. The zero-order valence-corrected chi connectivity index (χ0v) is 10.7. The van der Waals surface area contributed by atoms with Crippen molar-refractivity contribution < 1.29 is 29.7 Å². The fourth-order valence-corrected chi connectivity index (χ4v) is 1.51. The molecule has 0 spiro atoms. The smallest absolute Gasteiger partial charge is 0.335 e. The zero-order valence-electron chi connectivity index (χ0n) is 10.7. The number of Topliss-reactive ketones (excluding diaryl/α,β-unsaturated/α-hetero) is 1. The van der Waals surface area contributed by atoms with Crippen LogP contribution in [0.5, 0.6) is 0 Å². The molecular formula is C13H15NO6. The minimum atomic E-state index is -1.92. The van der Waals surface area contributed by atoms with Crippen molar-refractivity contribution in [3.8, 4) is 0 Å². The van der Waals surface area contributed by atoms with Gasteiger partial charge in [0.25, 0.3) is 0 Å². The summed E-state index contributed by atoms with van der Waals surface area (Å²) in [4.78, 5) is 32.6. The number of benzene rings is 1. The third kappa shape index (κ3) is 4.45. The van der Waals surface area contributed by atoms with Crippen molar-refractivity contribution in [3.05, 3.63) is 29.8 Å². The molecule has 1 aromatic rings. The molecule has 108 valence electrons. The number of aliphatic hydroxyl groups excluding tert-OH is 2. The summed E-state index contributed by atoms with van der Waals surface area (Å²) in [5, 5.41) is 29.8. The first-order chi connectivity index (χ1) is 9.31. The minimum absolute atomic E-state index is 0.199. The highest BCUT2D eigenvalue weighted by Crippen LogP contribution is 2.19. The number of hydrogen-bond donors (Lipinski definition) is 4. The van der Waals surface area contributed by atoms with Crippen LogP contribution in [0.1, 0.15) is 25.0 Å². The Bertz CT molecular complexity index is 510. The molecule has 0 bridgehead atoms. The number of aliphatic carboxylic acids is 1. The van der Waals surface area contributed by atoms with Gasteiger partial charge in [-0.25, -0.2) is 4.79 Å². The molecular weight excluding hydrogens is 266 g/mol. The lowest BCUT2D eigenvalue weighted by atomic mass is 10.0. The summed E-state index contributed by atoms with van der Waals surface area (Å²) in [5.41, 5.74) is 0.599. The Morgan fingerprint density at radius 3 is 2.15 bits per heavy atom. The molecule has 2 unspecified atom stereocenters. The fourth-order valence-electron chi connectivity index (χ4n) is 1.51. The average molecular weight is 281 g/mol. The van der Waals surface area contributed by atoms with Crippen molar-refractivity contribution in [2.75, 3.05) is 5.32 Å². The Morgan fingerprint density at radius 2 is 1.70 bits per heavy atom. The van der Waals surface area contributed by atoms with E-state index in [0.717, 1.165) is 0 Å². The van der Waals surface area contributed by atoms with Gasteiger partial charge in [0.1, 0.15) is 11.9 Å². The molecule has 1 amide bonds. The molecule has 0 aliphatic rings. The molecule has 0 fully saturated rings. The van der Waals surface area contributed by atoms with E-state index in [1.54, 1.807) is 0 Å². The Labute approximate surface area is 114 Å². The van der Waals surface area contributed by atoms with Gasteiger partial charge in [0.15, 0.2) is 6.10 Å². The number of carbonyl (C=O) groups excluding carboxylic acids is 2. The van der Waals surface area contributed by atoms with Gasteiger partial charge in [-0.2, -0.15) is 0 Å². The number of carboxylic acids is 1. The van der Waals surface area contributed by atoms with Gasteiger partial charge in [-0.3, -0.25) is 9.59 Å². The largest absolute Gasteiger partial charge is 0.479 e. The summed E-state index contributed by atoms with van der Waals surface area (Å²) >= 11 is 0. The van der Waals surface area contributed by atoms with Crippen LogP contribution < -0.4 is 5.32 Å². The normalized spacial score (nSPS) is 13.3. The minimum Gasteiger partial charge on any atom is -0.479 e. The Balaban J connectivity index is 2.71. The topological polar surface area (TPSA) is 124 Å². The maximum atomic E-state index is 11.3. The second-order valence-corrected chi connectivity index (χ2v) is 4.28. The molecule has 1 rings (SSSR count). The van der Waals surface area contributed by atoms with E-state index in [1.807, 2.05) is 0 Å². The van der Waals surface area contributed by atoms with Crippen LogP contribution in [0.2, 0.25) is 0 Å². The Morgan fingerprint density at radius 1 is 1.15 bits per heavy atom. The number of amides is 1. The second kappa shape index (κ2) is 6.78. The van der Waals surface area contributed by atoms with Crippen LogP contribution in [-0.2, 0) is 14.4 Å². The number of carboxylic acid groups (broad SMARTS) is 1. The van der Waals surface area contributed by atoms with E-state index >= 15 is 0 Å². The van der Waals surface area contributed by atoms with Gasteiger partial charge in [0, 0.05) is 5.69 Å². The maximum absolute atomic E-state index is 11.3. The summed E-state index contributed by atoms with van der Waals surface area (Å²) < 4.78 is 0. The van der Waals surface area contributed by atoms with E-state index in [0.29, 0.717) is 5.69 Å². The van der Waals surface area contributed by atoms with Gasteiger partial charge in [0.05, 0.1) is 6.42 Å². The van der Waals surface area contributed by atoms with Crippen molar-refractivity contribution in [2.24, 2.45) is 0 Å². The molecule has 0 saturated carbocycles. The van der Waals surface area contributed by atoms with E-state index in [1.165, 1.54) is 31.2 Å². The number of nitrogens with one attached hydrogen (secondary N) is 1. The monoisotopic (exact) mass is 281 g/mol. The molecule has 0 aromatic heterocycles. The molecule has 7 heteroatoms. The number of hydrogen-bond acceptors (Lipinski definition) is 5. The lowest BCUT2D eigenvalue weighted by molar-refractivity contribution is -0.153. The highest BCUT2D eigenvalue weighted by Gasteiger charge is 2.24. The van der Waals surface area contributed by atoms with E-state index in [2.05, 4.69) is 5.32 Å². The molecule has 0 heterocycles. The van der Waals surface area contributed by atoms with E-state index < -0.39 is 24.1 Å². The zero-order chi connectivity index (χ0) is 15.3. The third-order valence-corrected chi connectivity index (χ3v) is 2.50. The van der Waals surface area contributed by atoms with Gasteiger partial charge in [-0.1, -0.05) is 12.1 Å². The molecule has 2 atom stereocenters. The lowest BCUT2D eigenvalue weighted by Gasteiger charge is -2.14. The number of carbonyl (C=O) groups is 3. The van der Waals surface area contributed by atoms with Crippen molar-refractivity contribution in [1.82, 2.24) is 0 Å². The number of rotatable bonds is 6. The van der Waals surface area contributed by atoms with Crippen LogP contribution in [0.4, 0.5) is 5.69 Å². The van der Waals surface area contributed by atoms with Gasteiger partial charge < -0.3 is 20.6 Å². The summed E-state index contributed by atoms with van der Waals surface area (Å²) in [6, 6.07) is 5.62. The van der Waals surface area contributed by atoms with Crippen LogP contribution in [0.25, 0.3) is 0 Å². The molecule has 0 saturated heterocycles. The van der Waals surface area contributed by atoms with Crippen LogP contribution >= 0.6 is 0 Å². The molecule has 7 nitrogen and oxygen atoms in total. The van der Waals surface area contributed by atoms with Crippen LogP contribution in [-0.4, -0.2) is 39.1 Å². The van der Waals surface area contributed by atoms with Gasteiger partial charge in [0.2, 0.25) is 5.91 Å².